The molecule has 0 aliphatic carbocycles. The van der Waals surface area contributed by atoms with E-state index < -0.39 is 0 Å². The summed E-state index contributed by atoms with van der Waals surface area (Å²) in [5.41, 5.74) is 1.36. The minimum absolute atomic E-state index is 0.400. The normalized spacial score (nSPS) is 20.2. The van der Waals surface area contributed by atoms with E-state index in [1.165, 1.54) is 5.56 Å². The quantitative estimate of drug-likeness (QED) is 0.691. The molecule has 1 atom stereocenters. The zero-order valence-electron chi connectivity index (χ0n) is 7.12. The van der Waals surface area contributed by atoms with E-state index in [2.05, 4.69) is 24.5 Å². The van der Waals surface area contributed by atoms with Gasteiger partial charge in [-0.15, -0.1) is 0 Å². The molecule has 0 bridgehead atoms. The van der Waals surface area contributed by atoms with Crippen molar-refractivity contribution in [2.45, 2.75) is 12.5 Å². The third kappa shape index (κ3) is 1.44. The highest BCUT2D eigenvalue weighted by Gasteiger charge is 2.20. The molecule has 1 aromatic carbocycles. The zero-order valence-corrected chi connectivity index (χ0v) is 7.93. The molecule has 12 heavy (non-hydrogen) atoms. The summed E-state index contributed by atoms with van der Waals surface area (Å²) >= 11 is 1.84. The second kappa shape index (κ2) is 3.40. The van der Waals surface area contributed by atoms with E-state index in [4.69, 9.17) is 4.74 Å². The molecule has 1 aromatic rings. The molecular formula is C10H12OS. The van der Waals surface area contributed by atoms with Crippen molar-refractivity contribution < 1.29 is 4.74 Å². The standard InChI is InChI=1S/C10H12OS/c1-12-7-9-6-8-4-2-3-5-10(8)11-9/h2-5,9H,6-7H2,1H3. The van der Waals surface area contributed by atoms with Gasteiger partial charge in [0.15, 0.2) is 0 Å². The maximum atomic E-state index is 5.73. The number of ether oxygens (including phenoxy) is 1. The fourth-order valence-electron chi connectivity index (χ4n) is 1.53. The highest BCUT2D eigenvalue weighted by atomic mass is 32.2. The maximum absolute atomic E-state index is 5.73. The summed E-state index contributed by atoms with van der Waals surface area (Å²) in [5, 5.41) is 0. The Morgan fingerprint density at radius 2 is 2.33 bits per heavy atom. The lowest BCUT2D eigenvalue weighted by Gasteiger charge is -2.07. The summed E-state index contributed by atoms with van der Waals surface area (Å²) in [5.74, 6) is 2.17. The second-order valence-corrected chi connectivity index (χ2v) is 3.92. The Bertz CT molecular complexity index is 247. The minimum atomic E-state index is 0.400. The van der Waals surface area contributed by atoms with Crippen LogP contribution >= 0.6 is 11.8 Å². The van der Waals surface area contributed by atoms with Gasteiger partial charge in [-0.25, -0.2) is 0 Å². The lowest BCUT2D eigenvalue weighted by Crippen LogP contribution is -2.15. The van der Waals surface area contributed by atoms with Crippen LogP contribution in [0.3, 0.4) is 0 Å². The molecule has 0 radical (unpaired) electrons. The van der Waals surface area contributed by atoms with Gasteiger partial charge < -0.3 is 4.74 Å². The Kier molecular flexibility index (Phi) is 2.26. The summed E-state index contributed by atoms with van der Waals surface area (Å²) in [6, 6.07) is 8.30. The molecule has 0 saturated heterocycles. The Morgan fingerprint density at radius 1 is 1.50 bits per heavy atom. The van der Waals surface area contributed by atoms with E-state index in [0.29, 0.717) is 6.10 Å². The maximum Gasteiger partial charge on any atom is 0.123 e. The first kappa shape index (κ1) is 7.99. The van der Waals surface area contributed by atoms with Crippen LogP contribution in [0, 0.1) is 0 Å². The van der Waals surface area contributed by atoms with Crippen LogP contribution in [-0.4, -0.2) is 18.1 Å². The first-order chi connectivity index (χ1) is 5.90. The van der Waals surface area contributed by atoms with E-state index >= 15 is 0 Å². The third-order valence-corrected chi connectivity index (χ3v) is 2.77. The molecule has 1 heterocycles. The lowest BCUT2D eigenvalue weighted by molar-refractivity contribution is 0.259. The predicted molar refractivity (Wildman–Crippen MR) is 52.9 cm³/mol. The number of rotatable bonds is 2. The molecule has 0 N–H and O–H groups in total. The zero-order chi connectivity index (χ0) is 8.39. The molecule has 2 heteroatoms. The van der Waals surface area contributed by atoms with Crippen LogP contribution in [-0.2, 0) is 6.42 Å². The van der Waals surface area contributed by atoms with Crippen molar-refractivity contribution in [3.8, 4) is 5.75 Å². The summed E-state index contributed by atoms with van der Waals surface area (Å²) < 4.78 is 5.73. The summed E-state index contributed by atoms with van der Waals surface area (Å²) in [4.78, 5) is 0. The van der Waals surface area contributed by atoms with Crippen molar-refractivity contribution in [2.75, 3.05) is 12.0 Å². The van der Waals surface area contributed by atoms with Crippen LogP contribution < -0.4 is 4.74 Å². The van der Waals surface area contributed by atoms with Gasteiger partial charge in [0, 0.05) is 12.2 Å². The van der Waals surface area contributed by atoms with E-state index in [9.17, 15) is 0 Å². The van der Waals surface area contributed by atoms with Gasteiger partial charge in [-0.05, 0) is 17.9 Å². The van der Waals surface area contributed by atoms with Gasteiger partial charge >= 0.3 is 0 Å². The van der Waals surface area contributed by atoms with E-state index in [0.717, 1.165) is 17.9 Å². The topological polar surface area (TPSA) is 9.23 Å². The highest BCUT2D eigenvalue weighted by Crippen LogP contribution is 2.28. The SMILES string of the molecule is CSCC1Cc2ccccc2O1. The van der Waals surface area contributed by atoms with Gasteiger partial charge in [-0.2, -0.15) is 11.8 Å². The van der Waals surface area contributed by atoms with E-state index in [1.54, 1.807) is 0 Å². The number of fused-ring (bicyclic) bond motifs is 1. The second-order valence-electron chi connectivity index (χ2n) is 3.01. The predicted octanol–water partition coefficient (Wildman–Crippen LogP) is 2.35. The third-order valence-electron chi connectivity index (χ3n) is 2.07. The first-order valence-electron chi connectivity index (χ1n) is 4.13. The van der Waals surface area contributed by atoms with Gasteiger partial charge in [0.05, 0.1) is 0 Å². The van der Waals surface area contributed by atoms with Crippen LogP contribution in [0.2, 0.25) is 0 Å². The Morgan fingerprint density at radius 3 is 3.08 bits per heavy atom. The molecule has 1 nitrogen and oxygen atoms in total. The molecule has 64 valence electrons. The number of thioether (sulfide) groups is 1. The van der Waals surface area contributed by atoms with Crippen LogP contribution in [0.4, 0.5) is 0 Å². The van der Waals surface area contributed by atoms with Gasteiger partial charge in [0.2, 0.25) is 0 Å². The summed E-state index contributed by atoms with van der Waals surface area (Å²) in [7, 11) is 0. The highest BCUT2D eigenvalue weighted by molar-refractivity contribution is 7.98. The van der Waals surface area contributed by atoms with Crippen LogP contribution in [0.1, 0.15) is 5.56 Å². The number of para-hydroxylation sites is 1. The fourth-order valence-corrected chi connectivity index (χ4v) is 2.09. The summed E-state index contributed by atoms with van der Waals surface area (Å²) in [6.45, 7) is 0. The van der Waals surface area contributed by atoms with Crippen molar-refractivity contribution in [1.29, 1.82) is 0 Å². The molecular weight excluding hydrogens is 168 g/mol. The number of hydrogen-bond acceptors (Lipinski definition) is 2. The Labute approximate surface area is 77.1 Å². The van der Waals surface area contributed by atoms with Gasteiger partial charge in [0.1, 0.15) is 11.9 Å². The number of benzene rings is 1. The average molecular weight is 180 g/mol. The molecule has 0 saturated carbocycles. The first-order valence-corrected chi connectivity index (χ1v) is 5.53. The van der Waals surface area contributed by atoms with Gasteiger partial charge in [0.25, 0.3) is 0 Å². The average Bonchev–Trinajstić information content (AvgIpc) is 2.47. The molecule has 1 unspecified atom stereocenters. The smallest absolute Gasteiger partial charge is 0.123 e. The van der Waals surface area contributed by atoms with Gasteiger partial charge in [-0.1, -0.05) is 18.2 Å². The van der Waals surface area contributed by atoms with Crippen LogP contribution in [0.25, 0.3) is 0 Å². The molecule has 1 aliphatic rings. The van der Waals surface area contributed by atoms with Crippen molar-refractivity contribution in [1.82, 2.24) is 0 Å². The monoisotopic (exact) mass is 180 g/mol. The van der Waals surface area contributed by atoms with Crippen molar-refractivity contribution >= 4 is 11.8 Å². The number of hydrogen-bond donors (Lipinski definition) is 0. The lowest BCUT2D eigenvalue weighted by atomic mass is 10.1. The molecule has 0 amide bonds. The molecule has 1 aliphatic heterocycles. The Balaban J connectivity index is 2.11. The van der Waals surface area contributed by atoms with E-state index in [-0.39, 0.29) is 0 Å². The molecule has 2 rings (SSSR count). The molecule has 0 aromatic heterocycles. The summed E-state index contributed by atoms with van der Waals surface area (Å²) in [6.07, 6.45) is 3.60. The van der Waals surface area contributed by atoms with Crippen LogP contribution in [0.5, 0.6) is 5.75 Å². The van der Waals surface area contributed by atoms with Crippen molar-refractivity contribution in [2.24, 2.45) is 0 Å². The minimum Gasteiger partial charge on any atom is -0.489 e. The van der Waals surface area contributed by atoms with Crippen molar-refractivity contribution in [3.63, 3.8) is 0 Å². The van der Waals surface area contributed by atoms with Crippen LogP contribution in [0.15, 0.2) is 24.3 Å². The Hall–Kier alpha value is -0.630. The van der Waals surface area contributed by atoms with E-state index in [1.807, 2.05) is 17.8 Å². The van der Waals surface area contributed by atoms with Crippen molar-refractivity contribution in [3.05, 3.63) is 29.8 Å². The molecule has 0 fully saturated rings. The fraction of sp³-hybridized carbons (Fsp3) is 0.400. The van der Waals surface area contributed by atoms with Gasteiger partial charge in [-0.3, -0.25) is 0 Å². The molecule has 0 spiro atoms. The largest absolute Gasteiger partial charge is 0.489 e.